The van der Waals surface area contributed by atoms with Gasteiger partial charge in [-0.1, -0.05) is 26.0 Å². The first-order chi connectivity index (χ1) is 11.7. The Kier molecular flexibility index (Phi) is 4.17. The molecule has 0 saturated carbocycles. The van der Waals surface area contributed by atoms with E-state index < -0.39 is 15.9 Å². The number of hydrogen-bond donors (Lipinski definition) is 0. The largest absolute Gasteiger partial charge is 0.274 e. The van der Waals surface area contributed by atoms with Gasteiger partial charge >= 0.3 is 0 Å². The van der Waals surface area contributed by atoms with Gasteiger partial charge in [0, 0.05) is 31.3 Å². The number of sulfonamides is 1. The quantitative estimate of drug-likeness (QED) is 0.840. The highest BCUT2D eigenvalue weighted by atomic mass is 32.2. The molecule has 3 rings (SSSR count). The number of benzene rings is 2. The predicted molar refractivity (Wildman–Crippen MR) is 96.1 cm³/mol. The molecule has 0 bridgehead atoms. The molecule has 0 N–H and O–H groups in total. The van der Waals surface area contributed by atoms with Crippen LogP contribution < -0.4 is 4.90 Å². The molecule has 0 aliphatic carbocycles. The summed E-state index contributed by atoms with van der Waals surface area (Å²) in [6, 6.07) is 7.95. The summed E-state index contributed by atoms with van der Waals surface area (Å²) in [6.45, 7) is 3.82. The zero-order valence-electron chi connectivity index (χ0n) is 14.6. The van der Waals surface area contributed by atoms with Crippen molar-refractivity contribution < 1.29 is 18.0 Å². The molecule has 0 fully saturated rings. The van der Waals surface area contributed by atoms with Crippen molar-refractivity contribution in [1.29, 1.82) is 0 Å². The number of carbonyl (C=O) groups excluding carboxylic acids is 2. The summed E-state index contributed by atoms with van der Waals surface area (Å²) in [5.41, 5.74) is 0.819. The molecule has 0 saturated heterocycles. The van der Waals surface area contributed by atoms with E-state index in [1.165, 1.54) is 25.1 Å². The van der Waals surface area contributed by atoms with Crippen LogP contribution in [0.4, 0.5) is 5.69 Å². The monoisotopic (exact) mass is 360 g/mol. The van der Waals surface area contributed by atoms with E-state index >= 15 is 0 Å². The standard InChI is InChI=1S/C18H20N2O4S/c1-11(2)10-16(21)20-14-8-9-15(25(23,24)19(3)4)12-6-5-7-13(17(12)14)18(20)22/h5-9,11H,10H2,1-4H3. The third kappa shape index (κ3) is 2.63. The minimum atomic E-state index is -3.66. The molecule has 1 aliphatic rings. The molecule has 0 radical (unpaired) electrons. The number of rotatable bonds is 4. The van der Waals surface area contributed by atoms with Gasteiger partial charge in [0.05, 0.1) is 16.1 Å². The van der Waals surface area contributed by atoms with Gasteiger partial charge in [0.2, 0.25) is 15.9 Å². The zero-order valence-corrected chi connectivity index (χ0v) is 15.4. The molecule has 0 spiro atoms. The van der Waals surface area contributed by atoms with Crippen LogP contribution in [0.25, 0.3) is 10.8 Å². The Morgan fingerprint density at radius 2 is 1.84 bits per heavy atom. The van der Waals surface area contributed by atoms with Crippen LogP contribution in [0, 0.1) is 5.92 Å². The SMILES string of the molecule is CC(C)CC(=O)N1C(=O)c2cccc3c(S(=O)(=O)N(C)C)ccc1c23. The summed E-state index contributed by atoms with van der Waals surface area (Å²) in [5.74, 6) is -0.556. The first-order valence-corrected chi connectivity index (χ1v) is 9.45. The molecule has 1 heterocycles. The van der Waals surface area contributed by atoms with Crippen LogP contribution >= 0.6 is 0 Å². The lowest BCUT2D eigenvalue weighted by Crippen LogP contribution is -2.34. The van der Waals surface area contributed by atoms with Gasteiger partial charge in [-0.05, 0) is 24.1 Å². The van der Waals surface area contributed by atoms with Gasteiger partial charge in [0.15, 0.2) is 0 Å². The van der Waals surface area contributed by atoms with Gasteiger partial charge in [-0.25, -0.2) is 17.6 Å². The Bertz CT molecular complexity index is 994. The van der Waals surface area contributed by atoms with E-state index in [4.69, 9.17) is 0 Å². The highest BCUT2D eigenvalue weighted by molar-refractivity contribution is 7.89. The molecule has 0 unspecified atom stereocenters. The van der Waals surface area contributed by atoms with Crippen LogP contribution in [0.2, 0.25) is 0 Å². The van der Waals surface area contributed by atoms with Crippen molar-refractivity contribution in [3.63, 3.8) is 0 Å². The molecule has 2 amide bonds. The minimum Gasteiger partial charge on any atom is -0.274 e. The number of hydrogen-bond acceptors (Lipinski definition) is 4. The van der Waals surface area contributed by atoms with Crippen LogP contribution in [0.5, 0.6) is 0 Å². The molecule has 2 aromatic rings. The van der Waals surface area contributed by atoms with E-state index in [0.29, 0.717) is 22.0 Å². The summed E-state index contributed by atoms with van der Waals surface area (Å²) in [6.07, 6.45) is 0.249. The smallest absolute Gasteiger partial charge is 0.265 e. The minimum absolute atomic E-state index is 0.118. The van der Waals surface area contributed by atoms with E-state index in [1.807, 2.05) is 13.8 Å². The highest BCUT2D eigenvalue weighted by Gasteiger charge is 2.36. The Balaban J connectivity index is 2.26. The second-order valence-electron chi connectivity index (χ2n) is 6.73. The summed E-state index contributed by atoms with van der Waals surface area (Å²) in [5, 5.41) is 0.976. The van der Waals surface area contributed by atoms with E-state index in [-0.39, 0.29) is 23.1 Å². The van der Waals surface area contributed by atoms with Crippen molar-refractivity contribution in [2.75, 3.05) is 19.0 Å². The van der Waals surface area contributed by atoms with E-state index in [9.17, 15) is 18.0 Å². The van der Waals surface area contributed by atoms with Crippen LogP contribution in [-0.2, 0) is 14.8 Å². The number of amides is 2. The normalized spacial score (nSPS) is 14.2. The van der Waals surface area contributed by atoms with Crippen molar-refractivity contribution in [1.82, 2.24) is 4.31 Å². The van der Waals surface area contributed by atoms with E-state index in [1.54, 1.807) is 24.3 Å². The molecular weight excluding hydrogens is 340 g/mol. The molecule has 0 atom stereocenters. The fourth-order valence-corrected chi connectivity index (χ4v) is 4.15. The van der Waals surface area contributed by atoms with Gasteiger partial charge in [-0.15, -0.1) is 0 Å². The maximum atomic E-state index is 12.7. The van der Waals surface area contributed by atoms with Crippen molar-refractivity contribution in [3.05, 3.63) is 35.9 Å². The molecule has 0 aromatic heterocycles. The number of nitrogens with zero attached hydrogens (tertiary/aromatic N) is 2. The van der Waals surface area contributed by atoms with E-state index in [2.05, 4.69) is 0 Å². The number of anilines is 1. The van der Waals surface area contributed by atoms with Crippen molar-refractivity contribution >= 4 is 38.3 Å². The van der Waals surface area contributed by atoms with Crippen molar-refractivity contribution in [2.45, 2.75) is 25.2 Å². The lowest BCUT2D eigenvalue weighted by molar-refractivity contribution is -0.118. The first kappa shape index (κ1) is 17.6. The predicted octanol–water partition coefficient (Wildman–Crippen LogP) is 2.62. The number of carbonyl (C=O) groups is 2. The fraction of sp³-hybridized carbons (Fsp3) is 0.333. The Hall–Kier alpha value is -2.25. The summed E-state index contributed by atoms with van der Waals surface area (Å²) in [4.78, 5) is 26.6. The molecule has 1 aliphatic heterocycles. The third-order valence-electron chi connectivity index (χ3n) is 4.24. The third-order valence-corrected chi connectivity index (χ3v) is 6.12. The molecule has 132 valence electrons. The molecule has 25 heavy (non-hydrogen) atoms. The second kappa shape index (κ2) is 5.93. The average Bonchev–Trinajstić information content (AvgIpc) is 2.81. The molecular formula is C18H20N2O4S. The first-order valence-electron chi connectivity index (χ1n) is 8.01. The van der Waals surface area contributed by atoms with Gasteiger partial charge in [-0.2, -0.15) is 0 Å². The lowest BCUT2D eigenvalue weighted by atomic mass is 10.1. The maximum absolute atomic E-state index is 12.7. The van der Waals surface area contributed by atoms with Crippen molar-refractivity contribution in [2.24, 2.45) is 5.92 Å². The Labute approximate surface area is 147 Å². The maximum Gasteiger partial charge on any atom is 0.265 e. The van der Waals surface area contributed by atoms with Gasteiger partial charge < -0.3 is 0 Å². The zero-order chi connectivity index (χ0) is 18.5. The molecule has 6 nitrogen and oxygen atoms in total. The van der Waals surface area contributed by atoms with Crippen LogP contribution in [0.15, 0.2) is 35.2 Å². The lowest BCUT2D eigenvalue weighted by Gasteiger charge is -2.18. The summed E-state index contributed by atoms with van der Waals surface area (Å²) < 4.78 is 26.3. The molecule has 2 aromatic carbocycles. The highest BCUT2D eigenvalue weighted by Crippen LogP contribution is 2.41. The Morgan fingerprint density at radius 1 is 1.16 bits per heavy atom. The van der Waals surface area contributed by atoms with Gasteiger partial charge in [0.25, 0.3) is 5.91 Å². The van der Waals surface area contributed by atoms with Crippen LogP contribution in [0.3, 0.4) is 0 Å². The summed E-state index contributed by atoms with van der Waals surface area (Å²) >= 11 is 0. The topological polar surface area (TPSA) is 74.8 Å². The number of imide groups is 1. The summed E-state index contributed by atoms with van der Waals surface area (Å²) in [7, 11) is -0.744. The van der Waals surface area contributed by atoms with Gasteiger partial charge in [0.1, 0.15) is 0 Å². The molecule has 7 heteroatoms. The average molecular weight is 360 g/mol. The van der Waals surface area contributed by atoms with E-state index in [0.717, 1.165) is 4.31 Å². The van der Waals surface area contributed by atoms with Crippen LogP contribution in [-0.4, -0.2) is 38.6 Å². The fourth-order valence-electron chi connectivity index (χ4n) is 3.07. The Morgan fingerprint density at radius 3 is 2.44 bits per heavy atom. The van der Waals surface area contributed by atoms with Crippen LogP contribution in [0.1, 0.15) is 30.6 Å². The van der Waals surface area contributed by atoms with Gasteiger partial charge in [-0.3, -0.25) is 9.59 Å². The second-order valence-corrected chi connectivity index (χ2v) is 8.85. The van der Waals surface area contributed by atoms with Crippen molar-refractivity contribution in [3.8, 4) is 0 Å².